The van der Waals surface area contributed by atoms with Gasteiger partial charge in [-0.25, -0.2) is 5.06 Å². The summed E-state index contributed by atoms with van der Waals surface area (Å²) in [6, 6.07) is 0. The number of nitrogens with zero attached hydrogens (tertiary/aromatic N) is 1. The lowest BCUT2D eigenvalue weighted by Gasteiger charge is -2.35. The average molecular weight is 201 g/mol. The van der Waals surface area contributed by atoms with Crippen LogP contribution < -0.4 is 0 Å². The molecule has 82 valence electrons. The molecule has 1 saturated carbocycles. The highest BCUT2D eigenvalue weighted by Crippen LogP contribution is 2.32. The molecule has 1 amide bonds. The van der Waals surface area contributed by atoms with Crippen LogP contribution >= 0.6 is 0 Å². The monoisotopic (exact) mass is 201 g/mol. The van der Waals surface area contributed by atoms with Gasteiger partial charge in [0.15, 0.2) is 0 Å². The smallest absolute Gasteiger partial charge is 0.246 e. The second-order valence-corrected chi connectivity index (χ2v) is 3.69. The Morgan fingerprint density at radius 2 is 2.14 bits per heavy atom. The van der Waals surface area contributed by atoms with Crippen molar-refractivity contribution < 1.29 is 14.4 Å². The molecule has 0 bridgehead atoms. The fraction of sp³-hybridized carbons (Fsp3) is 0.900. The summed E-state index contributed by atoms with van der Waals surface area (Å²) in [5, 5.41) is 1.29. The Bertz CT molecular complexity index is 190. The number of rotatable bonds is 5. The van der Waals surface area contributed by atoms with Crippen molar-refractivity contribution in [1.82, 2.24) is 5.06 Å². The van der Waals surface area contributed by atoms with E-state index >= 15 is 0 Å². The van der Waals surface area contributed by atoms with Crippen LogP contribution in [0.15, 0.2) is 0 Å². The quantitative estimate of drug-likeness (QED) is 0.628. The highest BCUT2D eigenvalue weighted by atomic mass is 16.7. The minimum Gasteiger partial charge on any atom is -0.378 e. The van der Waals surface area contributed by atoms with Gasteiger partial charge in [-0.05, 0) is 25.7 Å². The van der Waals surface area contributed by atoms with Gasteiger partial charge in [0.25, 0.3) is 0 Å². The van der Waals surface area contributed by atoms with Gasteiger partial charge in [-0.1, -0.05) is 0 Å². The summed E-state index contributed by atoms with van der Waals surface area (Å²) in [6.45, 7) is 2.76. The Labute approximate surface area is 85.1 Å². The van der Waals surface area contributed by atoms with Crippen LogP contribution in [0.25, 0.3) is 0 Å². The first-order valence-corrected chi connectivity index (χ1v) is 5.09. The molecule has 14 heavy (non-hydrogen) atoms. The van der Waals surface area contributed by atoms with E-state index in [1.165, 1.54) is 12.2 Å². The maximum Gasteiger partial charge on any atom is 0.246 e. The standard InChI is InChI=1S/C10H19NO3/c1-4-14-9-5-8(6-9)7-10(12)11(2)13-3/h8-9H,4-7H2,1-3H3. The van der Waals surface area contributed by atoms with E-state index < -0.39 is 0 Å². The third-order valence-corrected chi connectivity index (χ3v) is 2.68. The number of amides is 1. The van der Waals surface area contributed by atoms with Crippen LogP contribution in [0.4, 0.5) is 0 Å². The number of carbonyl (C=O) groups excluding carboxylic acids is 1. The van der Waals surface area contributed by atoms with Gasteiger partial charge in [0.1, 0.15) is 0 Å². The van der Waals surface area contributed by atoms with E-state index in [-0.39, 0.29) is 5.91 Å². The summed E-state index contributed by atoms with van der Waals surface area (Å²) in [6.07, 6.45) is 2.98. The Balaban J connectivity index is 2.13. The second kappa shape index (κ2) is 5.32. The summed E-state index contributed by atoms with van der Waals surface area (Å²) in [5.41, 5.74) is 0. The predicted octanol–water partition coefficient (Wildman–Crippen LogP) is 1.21. The van der Waals surface area contributed by atoms with E-state index in [9.17, 15) is 4.79 Å². The van der Waals surface area contributed by atoms with Gasteiger partial charge in [-0.15, -0.1) is 0 Å². The van der Waals surface area contributed by atoms with Crippen LogP contribution in [0, 0.1) is 5.92 Å². The van der Waals surface area contributed by atoms with Gasteiger partial charge < -0.3 is 4.74 Å². The fourth-order valence-electron chi connectivity index (χ4n) is 1.69. The maximum atomic E-state index is 11.4. The third kappa shape index (κ3) is 2.96. The van der Waals surface area contributed by atoms with Gasteiger partial charge in [0.2, 0.25) is 5.91 Å². The minimum absolute atomic E-state index is 0.0486. The second-order valence-electron chi connectivity index (χ2n) is 3.69. The lowest BCUT2D eigenvalue weighted by molar-refractivity contribution is -0.171. The first-order chi connectivity index (χ1) is 6.67. The Hall–Kier alpha value is -0.610. The number of carbonyl (C=O) groups is 1. The number of ether oxygens (including phenoxy) is 1. The minimum atomic E-state index is 0.0486. The SMILES string of the molecule is CCOC1CC(CC(=O)N(C)OC)C1. The van der Waals surface area contributed by atoms with Crippen LogP contribution in [-0.2, 0) is 14.4 Å². The average Bonchev–Trinajstić information content (AvgIpc) is 2.13. The molecule has 0 atom stereocenters. The van der Waals surface area contributed by atoms with E-state index in [0.717, 1.165) is 19.4 Å². The molecule has 0 aromatic carbocycles. The zero-order valence-electron chi connectivity index (χ0n) is 9.16. The highest BCUT2D eigenvalue weighted by molar-refractivity contribution is 5.75. The van der Waals surface area contributed by atoms with Gasteiger partial charge in [-0.3, -0.25) is 9.63 Å². The summed E-state index contributed by atoms with van der Waals surface area (Å²) in [5.74, 6) is 0.532. The van der Waals surface area contributed by atoms with E-state index in [1.54, 1.807) is 7.05 Å². The molecule has 4 nitrogen and oxygen atoms in total. The summed E-state index contributed by atoms with van der Waals surface area (Å²) < 4.78 is 5.42. The van der Waals surface area contributed by atoms with Crippen molar-refractivity contribution in [1.29, 1.82) is 0 Å². The summed E-state index contributed by atoms with van der Waals surface area (Å²) in [7, 11) is 3.14. The van der Waals surface area contributed by atoms with Crippen LogP contribution in [-0.4, -0.2) is 37.8 Å². The van der Waals surface area contributed by atoms with Crippen molar-refractivity contribution in [2.75, 3.05) is 20.8 Å². The molecule has 0 aromatic heterocycles. The molecule has 0 aromatic rings. The van der Waals surface area contributed by atoms with Crippen molar-refractivity contribution >= 4 is 5.91 Å². The molecule has 1 aliphatic carbocycles. The lowest BCUT2D eigenvalue weighted by Crippen LogP contribution is -2.36. The first kappa shape index (κ1) is 11.5. The van der Waals surface area contributed by atoms with Crippen molar-refractivity contribution in [3.05, 3.63) is 0 Å². The molecule has 1 fully saturated rings. The molecular formula is C10H19NO3. The van der Waals surface area contributed by atoms with Gasteiger partial charge in [0, 0.05) is 20.1 Å². The van der Waals surface area contributed by atoms with Crippen molar-refractivity contribution in [2.45, 2.75) is 32.3 Å². The van der Waals surface area contributed by atoms with Gasteiger partial charge >= 0.3 is 0 Å². The molecule has 0 spiro atoms. The summed E-state index contributed by atoms with van der Waals surface area (Å²) >= 11 is 0. The molecule has 1 aliphatic rings. The Kier molecular flexibility index (Phi) is 4.35. The molecular weight excluding hydrogens is 182 g/mol. The molecule has 0 N–H and O–H groups in total. The van der Waals surface area contributed by atoms with Gasteiger partial charge in [-0.2, -0.15) is 0 Å². The topological polar surface area (TPSA) is 38.8 Å². The lowest BCUT2D eigenvalue weighted by atomic mass is 9.80. The van der Waals surface area contributed by atoms with E-state index in [0.29, 0.717) is 18.4 Å². The van der Waals surface area contributed by atoms with Crippen LogP contribution in [0.3, 0.4) is 0 Å². The van der Waals surface area contributed by atoms with Crippen molar-refractivity contribution in [3.63, 3.8) is 0 Å². The molecule has 0 heterocycles. The van der Waals surface area contributed by atoms with E-state index in [4.69, 9.17) is 9.57 Å². The Morgan fingerprint density at radius 3 is 2.64 bits per heavy atom. The predicted molar refractivity (Wildman–Crippen MR) is 52.5 cm³/mol. The van der Waals surface area contributed by atoms with E-state index in [1.807, 2.05) is 6.92 Å². The normalized spacial score (nSPS) is 25.6. The van der Waals surface area contributed by atoms with Crippen LogP contribution in [0.2, 0.25) is 0 Å². The largest absolute Gasteiger partial charge is 0.378 e. The van der Waals surface area contributed by atoms with E-state index in [2.05, 4.69) is 0 Å². The highest BCUT2D eigenvalue weighted by Gasteiger charge is 2.31. The van der Waals surface area contributed by atoms with Crippen molar-refractivity contribution in [3.8, 4) is 0 Å². The summed E-state index contributed by atoms with van der Waals surface area (Å²) in [4.78, 5) is 16.2. The molecule has 0 saturated heterocycles. The maximum absolute atomic E-state index is 11.4. The fourth-order valence-corrected chi connectivity index (χ4v) is 1.69. The Morgan fingerprint density at radius 1 is 1.50 bits per heavy atom. The number of hydrogen-bond donors (Lipinski definition) is 0. The first-order valence-electron chi connectivity index (χ1n) is 5.09. The van der Waals surface area contributed by atoms with Crippen LogP contribution in [0.1, 0.15) is 26.2 Å². The number of hydrogen-bond acceptors (Lipinski definition) is 3. The zero-order chi connectivity index (χ0) is 10.6. The zero-order valence-corrected chi connectivity index (χ0v) is 9.16. The molecule has 0 radical (unpaired) electrons. The number of hydroxylamine groups is 2. The van der Waals surface area contributed by atoms with Crippen molar-refractivity contribution in [2.24, 2.45) is 5.92 Å². The molecule has 4 heteroatoms. The van der Waals surface area contributed by atoms with Gasteiger partial charge in [0.05, 0.1) is 13.2 Å². The third-order valence-electron chi connectivity index (χ3n) is 2.68. The molecule has 1 rings (SSSR count). The van der Waals surface area contributed by atoms with Crippen LogP contribution in [0.5, 0.6) is 0 Å². The molecule has 0 aliphatic heterocycles. The molecule has 0 unspecified atom stereocenters.